The number of aromatic nitrogens is 3. The van der Waals surface area contributed by atoms with Crippen molar-refractivity contribution in [2.24, 2.45) is 0 Å². The van der Waals surface area contributed by atoms with Crippen LogP contribution in [0.2, 0.25) is 0 Å². The van der Waals surface area contributed by atoms with E-state index in [1.165, 1.54) is 0 Å². The highest BCUT2D eigenvalue weighted by atomic mass is 32.1. The number of hydrogen-bond acceptors (Lipinski definition) is 4. The summed E-state index contributed by atoms with van der Waals surface area (Å²) in [6.45, 7) is 6.44. The van der Waals surface area contributed by atoms with Crippen LogP contribution in [0.5, 0.6) is 5.75 Å². The van der Waals surface area contributed by atoms with Gasteiger partial charge < -0.3 is 19.5 Å². The second-order valence-corrected chi connectivity index (χ2v) is 6.59. The molecule has 0 fully saturated rings. The Morgan fingerprint density at radius 3 is 2.58 bits per heavy atom. The lowest BCUT2D eigenvalue weighted by Gasteiger charge is -2.13. The molecule has 1 unspecified atom stereocenters. The predicted octanol–water partition coefficient (Wildman–Crippen LogP) is 1.11. The number of quaternary nitrogens is 1. The topological polar surface area (TPSA) is 65.5 Å². The molecule has 1 atom stereocenters. The number of nitrogens with zero attached hydrogens (tertiary/aromatic N) is 3. The molecule has 1 aromatic carbocycles. The zero-order valence-electron chi connectivity index (χ0n) is 15.9. The smallest absolute Gasteiger partial charge is 0.275 e. The van der Waals surface area contributed by atoms with E-state index in [-0.39, 0.29) is 5.91 Å². The van der Waals surface area contributed by atoms with E-state index in [1.54, 1.807) is 11.8 Å². The number of benzene rings is 1. The van der Waals surface area contributed by atoms with Gasteiger partial charge in [-0.15, -0.1) is 5.10 Å². The van der Waals surface area contributed by atoms with Gasteiger partial charge in [-0.2, -0.15) is 4.68 Å². The molecule has 0 aliphatic carbocycles. The Kier molecular flexibility index (Phi) is 7.35. The molecule has 0 aliphatic heterocycles. The molecule has 7 nitrogen and oxygen atoms in total. The third-order valence-electron chi connectivity index (χ3n) is 4.04. The minimum absolute atomic E-state index is 0.0428. The van der Waals surface area contributed by atoms with Crippen LogP contribution in [0.15, 0.2) is 24.3 Å². The van der Waals surface area contributed by atoms with E-state index in [9.17, 15) is 4.79 Å². The van der Waals surface area contributed by atoms with E-state index in [1.807, 2.05) is 49.7 Å². The van der Waals surface area contributed by atoms with Gasteiger partial charge in [-0.25, -0.2) is 0 Å². The molecule has 0 bridgehead atoms. The van der Waals surface area contributed by atoms with Crippen LogP contribution in [0.1, 0.15) is 20.3 Å². The SMILES string of the molecule is CCCNC(=O)C[NH+](C)Cn1nc(-c2ccc(OC)cc2)n(CC)c1=S. The highest BCUT2D eigenvalue weighted by Gasteiger charge is 2.16. The first-order valence-corrected chi connectivity index (χ1v) is 9.31. The molecule has 142 valence electrons. The normalized spacial score (nSPS) is 12.0. The Labute approximate surface area is 159 Å². The van der Waals surface area contributed by atoms with Gasteiger partial charge in [0.15, 0.2) is 19.0 Å². The summed E-state index contributed by atoms with van der Waals surface area (Å²) in [7, 11) is 3.61. The van der Waals surface area contributed by atoms with Gasteiger partial charge in [0.1, 0.15) is 5.75 Å². The lowest BCUT2D eigenvalue weighted by Crippen LogP contribution is -3.09. The molecule has 8 heteroatoms. The van der Waals surface area contributed by atoms with Gasteiger partial charge in [-0.3, -0.25) is 4.79 Å². The molecule has 2 aromatic rings. The van der Waals surface area contributed by atoms with Crippen molar-refractivity contribution in [2.45, 2.75) is 33.5 Å². The Balaban J connectivity index is 2.18. The van der Waals surface area contributed by atoms with Crippen LogP contribution in [-0.4, -0.2) is 47.5 Å². The van der Waals surface area contributed by atoms with E-state index in [0.717, 1.165) is 35.0 Å². The molecule has 1 amide bonds. The average molecular weight is 379 g/mol. The van der Waals surface area contributed by atoms with Gasteiger partial charge in [0, 0.05) is 18.7 Å². The van der Waals surface area contributed by atoms with Gasteiger partial charge in [-0.1, -0.05) is 6.92 Å². The quantitative estimate of drug-likeness (QED) is 0.642. The summed E-state index contributed by atoms with van der Waals surface area (Å²) in [5, 5.41) is 7.59. The molecule has 0 saturated heterocycles. The van der Waals surface area contributed by atoms with E-state index in [2.05, 4.69) is 5.32 Å². The van der Waals surface area contributed by atoms with Crippen molar-refractivity contribution in [3.8, 4) is 17.1 Å². The fourth-order valence-corrected chi connectivity index (χ4v) is 3.02. The van der Waals surface area contributed by atoms with Crippen LogP contribution >= 0.6 is 12.2 Å². The van der Waals surface area contributed by atoms with Crippen LogP contribution in [0.3, 0.4) is 0 Å². The first-order valence-electron chi connectivity index (χ1n) is 8.90. The number of nitrogens with one attached hydrogen (secondary N) is 2. The van der Waals surface area contributed by atoms with Gasteiger partial charge in [-0.05, 0) is 49.8 Å². The molecule has 26 heavy (non-hydrogen) atoms. The minimum Gasteiger partial charge on any atom is -0.497 e. The summed E-state index contributed by atoms with van der Waals surface area (Å²) in [4.78, 5) is 12.9. The number of likely N-dealkylation sites (N-methyl/N-ethyl adjacent to an activating group) is 1. The molecule has 0 spiro atoms. The number of carbonyl (C=O) groups is 1. The van der Waals surface area contributed by atoms with Crippen LogP contribution < -0.4 is 15.0 Å². The summed E-state index contributed by atoms with van der Waals surface area (Å²) in [5.41, 5.74) is 0.982. The summed E-state index contributed by atoms with van der Waals surface area (Å²) < 4.78 is 9.67. The molecular weight excluding hydrogens is 350 g/mol. The maximum atomic E-state index is 11.9. The summed E-state index contributed by atoms with van der Waals surface area (Å²) in [5.74, 6) is 1.67. The third-order valence-corrected chi connectivity index (χ3v) is 4.47. The molecule has 1 heterocycles. The van der Waals surface area contributed by atoms with Crippen LogP contribution in [-0.2, 0) is 18.0 Å². The van der Waals surface area contributed by atoms with Crippen LogP contribution in [0, 0.1) is 4.77 Å². The predicted molar refractivity (Wildman–Crippen MR) is 104 cm³/mol. The highest BCUT2D eigenvalue weighted by molar-refractivity contribution is 7.71. The lowest BCUT2D eigenvalue weighted by molar-refractivity contribution is -0.895. The molecular formula is C18H28N5O2S+. The minimum atomic E-state index is 0.0428. The number of amides is 1. The first kappa shape index (κ1) is 20.1. The van der Waals surface area contributed by atoms with E-state index in [0.29, 0.717) is 24.5 Å². The molecule has 2 rings (SSSR count). The highest BCUT2D eigenvalue weighted by Crippen LogP contribution is 2.21. The maximum Gasteiger partial charge on any atom is 0.275 e. The van der Waals surface area contributed by atoms with Gasteiger partial charge in [0.25, 0.3) is 5.91 Å². The Morgan fingerprint density at radius 1 is 1.31 bits per heavy atom. The van der Waals surface area contributed by atoms with Gasteiger partial charge in [0.2, 0.25) is 4.77 Å². The number of methoxy groups -OCH3 is 1. The zero-order valence-corrected chi connectivity index (χ0v) is 16.7. The van der Waals surface area contributed by atoms with Crippen molar-refractivity contribution in [3.63, 3.8) is 0 Å². The number of rotatable bonds is 9. The van der Waals surface area contributed by atoms with Crippen molar-refractivity contribution in [2.75, 3.05) is 27.2 Å². The Morgan fingerprint density at radius 2 is 2.00 bits per heavy atom. The van der Waals surface area contributed by atoms with Crippen molar-refractivity contribution in [1.29, 1.82) is 0 Å². The van der Waals surface area contributed by atoms with Gasteiger partial charge >= 0.3 is 0 Å². The molecule has 0 saturated carbocycles. The standard InChI is InChI=1S/C18H27N5O2S/c1-5-11-19-16(24)12-21(3)13-23-18(26)22(6-2)17(20-23)14-7-9-15(25-4)10-8-14/h7-10H,5-6,11-13H2,1-4H3,(H,19,24)/p+1. The number of carbonyl (C=O) groups excluding carboxylic acids is 1. The van der Waals surface area contributed by atoms with E-state index >= 15 is 0 Å². The van der Waals surface area contributed by atoms with Gasteiger partial charge in [0.05, 0.1) is 14.2 Å². The fraction of sp³-hybridized carbons (Fsp3) is 0.500. The van der Waals surface area contributed by atoms with Crippen LogP contribution in [0.25, 0.3) is 11.4 Å². The second kappa shape index (κ2) is 9.49. The second-order valence-electron chi connectivity index (χ2n) is 6.22. The summed E-state index contributed by atoms with van der Waals surface area (Å²) in [6, 6.07) is 7.77. The monoisotopic (exact) mass is 378 g/mol. The van der Waals surface area contributed by atoms with E-state index in [4.69, 9.17) is 22.1 Å². The van der Waals surface area contributed by atoms with Crippen molar-refractivity contribution >= 4 is 18.1 Å². The zero-order chi connectivity index (χ0) is 19.1. The Hall–Kier alpha value is -2.19. The van der Waals surface area contributed by atoms with Crippen LogP contribution in [0.4, 0.5) is 0 Å². The largest absolute Gasteiger partial charge is 0.497 e. The Bertz CT molecular complexity index is 782. The van der Waals surface area contributed by atoms with Crippen molar-refractivity contribution in [3.05, 3.63) is 29.0 Å². The molecule has 0 radical (unpaired) electrons. The molecule has 0 aliphatic rings. The summed E-state index contributed by atoms with van der Waals surface area (Å²) in [6.07, 6.45) is 0.933. The summed E-state index contributed by atoms with van der Waals surface area (Å²) >= 11 is 5.59. The number of ether oxygens (including phenoxy) is 1. The van der Waals surface area contributed by atoms with Crippen molar-refractivity contribution < 1.29 is 14.4 Å². The van der Waals surface area contributed by atoms with E-state index < -0.39 is 0 Å². The fourth-order valence-electron chi connectivity index (χ4n) is 2.70. The van der Waals surface area contributed by atoms with Crippen molar-refractivity contribution in [1.82, 2.24) is 19.7 Å². The number of hydrogen-bond donors (Lipinski definition) is 2. The maximum absolute atomic E-state index is 11.9. The average Bonchev–Trinajstić information content (AvgIpc) is 2.95. The molecule has 2 N–H and O–H groups in total. The first-order chi connectivity index (χ1) is 12.5. The third kappa shape index (κ3) is 4.92. The molecule has 1 aromatic heterocycles. The lowest BCUT2D eigenvalue weighted by atomic mass is 10.2.